The van der Waals surface area contributed by atoms with Crippen LogP contribution in [0.3, 0.4) is 0 Å². The predicted molar refractivity (Wildman–Crippen MR) is 94.3 cm³/mol. The molecule has 1 aromatic carbocycles. The van der Waals surface area contributed by atoms with Gasteiger partial charge in [0.2, 0.25) is 0 Å². The second-order valence-electron chi connectivity index (χ2n) is 9.08. The molecule has 4 nitrogen and oxygen atoms in total. The van der Waals surface area contributed by atoms with Gasteiger partial charge in [-0.1, -0.05) is 26.8 Å². The number of hydrogen-bond acceptors (Lipinski definition) is 4. The van der Waals surface area contributed by atoms with Gasteiger partial charge in [-0.2, -0.15) is 0 Å². The van der Waals surface area contributed by atoms with Gasteiger partial charge in [-0.15, -0.1) is 0 Å². The van der Waals surface area contributed by atoms with Gasteiger partial charge in [0.15, 0.2) is 0 Å². The first-order valence-electron chi connectivity index (χ1n) is 8.86. The number of fused-ring (bicyclic) bond motifs is 3. The van der Waals surface area contributed by atoms with Crippen LogP contribution in [0.15, 0.2) is 18.2 Å². The highest BCUT2D eigenvalue weighted by molar-refractivity contribution is 5.75. The molecule has 2 fully saturated rings. The first-order valence-corrected chi connectivity index (χ1v) is 8.86. The maximum absolute atomic E-state index is 11.0. The lowest BCUT2D eigenvalue weighted by Gasteiger charge is -2.40. The summed E-state index contributed by atoms with van der Waals surface area (Å²) in [4.78, 5) is 2.34. The quantitative estimate of drug-likeness (QED) is 0.778. The SMILES string of the molecule is C[C@@H]1Nc2ccc(C(O)N3CC4(C)CC3CC(C)(C)C4)cc2N1. The van der Waals surface area contributed by atoms with E-state index < -0.39 is 6.23 Å². The summed E-state index contributed by atoms with van der Waals surface area (Å²) in [5, 5.41) is 17.8. The maximum Gasteiger partial charge on any atom is 0.133 e. The van der Waals surface area contributed by atoms with E-state index in [1.165, 1.54) is 19.3 Å². The molecule has 3 unspecified atom stereocenters. The molecule has 1 saturated carbocycles. The number of benzene rings is 1. The Bertz CT molecular complexity index is 629. The Morgan fingerprint density at radius 2 is 1.91 bits per heavy atom. The van der Waals surface area contributed by atoms with E-state index >= 15 is 0 Å². The monoisotopic (exact) mass is 315 g/mol. The number of aliphatic hydroxyl groups is 1. The highest BCUT2D eigenvalue weighted by Gasteiger charge is 2.51. The van der Waals surface area contributed by atoms with E-state index in [0.29, 0.717) is 16.9 Å². The highest BCUT2D eigenvalue weighted by atomic mass is 16.3. The minimum atomic E-state index is -0.501. The van der Waals surface area contributed by atoms with Gasteiger partial charge in [0.05, 0.1) is 17.5 Å². The summed E-state index contributed by atoms with van der Waals surface area (Å²) < 4.78 is 0. The number of nitrogens with one attached hydrogen (secondary N) is 2. The third-order valence-corrected chi connectivity index (χ3v) is 5.86. The number of aliphatic hydroxyl groups excluding tert-OH is 1. The molecule has 4 atom stereocenters. The van der Waals surface area contributed by atoms with Crippen molar-refractivity contribution in [3.63, 3.8) is 0 Å². The summed E-state index contributed by atoms with van der Waals surface area (Å²) in [5.41, 5.74) is 3.95. The highest BCUT2D eigenvalue weighted by Crippen LogP contribution is 2.54. The van der Waals surface area contributed by atoms with Crippen molar-refractivity contribution in [3.05, 3.63) is 23.8 Å². The molecule has 126 valence electrons. The molecule has 3 aliphatic rings. The van der Waals surface area contributed by atoms with Gasteiger partial charge < -0.3 is 15.7 Å². The minimum absolute atomic E-state index is 0.253. The summed E-state index contributed by atoms with van der Waals surface area (Å²) in [6, 6.07) is 6.74. The third kappa shape index (κ3) is 2.62. The van der Waals surface area contributed by atoms with Crippen molar-refractivity contribution in [2.24, 2.45) is 10.8 Å². The zero-order valence-corrected chi connectivity index (χ0v) is 14.7. The Kier molecular flexibility index (Phi) is 3.23. The average Bonchev–Trinajstić information content (AvgIpc) is 2.92. The van der Waals surface area contributed by atoms with E-state index in [-0.39, 0.29) is 6.17 Å². The van der Waals surface area contributed by atoms with E-state index in [9.17, 15) is 5.11 Å². The lowest BCUT2D eigenvalue weighted by atomic mass is 9.65. The molecule has 0 radical (unpaired) electrons. The van der Waals surface area contributed by atoms with Crippen LogP contribution in [-0.2, 0) is 0 Å². The van der Waals surface area contributed by atoms with Crippen molar-refractivity contribution in [1.29, 1.82) is 0 Å². The van der Waals surface area contributed by atoms with Gasteiger partial charge in [0.1, 0.15) is 6.23 Å². The Labute approximate surface area is 139 Å². The Morgan fingerprint density at radius 3 is 2.70 bits per heavy atom. The summed E-state index contributed by atoms with van der Waals surface area (Å²) in [6.07, 6.45) is 3.41. The number of rotatable bonds is 2. The van der Waals surface area contributed by atoms with E-state index in [1.54, 1.807) is 0 Å². The summed E-state index contributed by atoms with van der Waals surface area (Å²) in [6.45, 7) is 10.2. The van der Waals surface area contributed by atoms with Gasteiger partial charge in [0, 0.05) is 12.6 Å². The predicted octanol–water partition coefficient (Wildman–Crippen LogP) is 3.76. The molecule has 4 heteroatoms. The fourth-order valence-electron chi connectivity index (χ4n) is 5.45. The normalized spacial score (nSPS) is 36.2. The average molecular weight is 315 g/mol. The Morgan fingerprint density at radius 1 is 1.17 bits per heavy atom. The molecule has 23 heavy (non-hydrogen) atoms. The van der Waals surface area contributed by atoms with E-state index in [0.717, 1.165) is 23.5 Å². The molecule has 1 saturated heterocycles. The largest absolute Gasteiger partial charge is 0.374 e. The van der Waals surface area contributed by atoms with Crippen LogP contribution in [-0.4, -0.2) is 28.8 Å². The molecule has 3 N–H and O–H groups in total. The fourth-order valence-corrected chi connectivity index (χ4v) is 5.45. The standard InChI is InChI=1S/C19H29N3O/c1-12-20-15-6-5-13(7-16(15)21-12)17(23)22-11-19(4)9-14(22)8-18(2,3)10-19/h5-7,12,14,17,20-21,23H,8-11H2,1-4H3/t12-,14?,17?,19?/m1/s1. The van der Waals surface area contributed by atoms with Crippen molar-refractivity contribution >= 4 is 11.4 Å². The van der Waals surface area contributed by atoms with Crippen LogP contribution in [0.2, 0.25) is 0 Å². The molecule has 4 rings (SSSR count). The summed E-state index contributed by atoms with van der Waals surface area (Å²) in [5.74, 6) is 0. The summed E-state index contributed by atoms with van der Waals surface area (Å²) >= 11 is 0. The Balaban J connectivity index is 1.58. The second kappa shape index (κ2) is 4.87. The van der Waals surface area contributed by atoms with E-state index in [1.807, 2.05) is 0 Å². The van der Waals surface area contributed by atoms with Gasteiger partial charge in [0.25, 0.3) is 0 Å². The number of anilines is 2. The number of likely N-dealkylation sites (tertiary alicyclic amines) is 1. The van der Waals surface area contributed by atoms with Crippen molar-refractivity contribution in [2.75, 3.05) is 17.2 Å². The number of hydrogen-bond donors (Lipinski definition) is 3. The van der Waals surface area contributed by atoms with Crippen LogP contribution in [0.5, 0.6) is 0 Å². The van der Waals surface area contributed by atoms with Crippen molar-refractivity contribution in [3.8, 4) is 0 Å². The lowest BCUT2D eigenvalue weighted by Crippen LogP contribution is -2.36. The van der Waals surface area contributed by atoms with Gasteiger partial charge in [-0.3, -0.25) is 4.90 Å². The lowest BCUT2D eigenvalue weighted by molar-refractivity contribution is -0.0135. The van der Waals surface area contributed by atoms with Crippen LogP contribution in [0.1, 0.15) is 58.7 Å². The molecule has 0 aromatic heterocycles. The van der Waals surface area contributed by atoms with Crippen LogP contribution >= 0.6 is 0 Å². The molecule has 0 spiro atoms. The van der Waals surface area contributed by atoms with Crippen LogP contribution in [0, 0.1) is 10.8 Å². The van der Waals surface area contributed by atoms with Gasteiger partial charge in [-0.05, 0) is 54.7 Å². The third-order valence-electron chi connectivity index (χ3n) is 5.86. The topological polar surface area (TPSA) is 47.5 Å². The van der Waals surface area contributed by atoms with Crippen molar-refractivity contribution < 1.29 is 5.11 Å². The summed E-state index contributed by atoms with van der Waals surface area (Å²) in [7, 11) is 0. The molecule has 1 aliphatic carbocycles. The first kappa shape index (κ1) is 15.3. The molecule has 1 aromatic rings. The number of nitrogens with zero attached hydrogens (tertiary/aromatic N) is 1. The molecule has 2 heterocycles. The smallest absolute Gasteiger partial charge is 0.133 e. The van der Waals surface area contributed by atoms with Gasteiger partial charge >= 0.3 is 0 Å². The molecule has 2 aliphatic heterocycles. The minimum Gasteiger partial charge on any atom is -0.374 e. The molecule has 0 amide bonds. The van der Waals surface area contributed by atoms with Crippen LogP contribution in [0.25, 0.3) is 0 Å². The first-order chi connectivity index (χ1) is 10.7. The molecular formula is C19H29N3O. The van der Waals surface area contributed by atoms with Crippen molar-refractivity contribution in [2.45, 2.75) is 65.4 Å². The Hall–Kier alpha value is -1.26. The molecular weight excluding hydrogens is 286 g/mol. The van der Waals surface area contributed by atoms with Crippen LogP contribution < -0.4 is 10.6 Å². The maximum atomic E-state index is 11.0. The van der Waals surface area contributed by atoms with E-state index in [2.05, 4.69) is 61.4 Å². The second-order valence-corrected chi connectivity index (χ2v) is 9.08. The van der Waals surface area contributed by atoms with E-state index in [4.69, 9.17) is 0 Å². The zero-order valence-electron chi connectivity index (χ0n) is 14.7. The van der Waals surface area contributed by atoms with Gasteiger partial charge in [-0.25, -0.2) is 0 Å². The van der Waals surface area contributed by atoms with Crippen molar-refractivity contribution in [1.82, 2.24) is 4.90 Å². The fraction of sp³-hybridized carbons (Fsp3) is 0.684. The zero-order chi connectivity index (χ0) is 16.4. The van der Waals surface area contributed by atoms with Crippen LogP contribution in [0.4, 0.5) is 11.4 Å². The molecule has 2 bridgehead atoms.